The van der Waals surface area contributed by atoms with E-state index in [1.54, 1.807) is 22.5 Å². The molecule has 1 amide bonds. The Kier molecular flexibility index (Phi) is 4.11. The first-order valence-electron chi connectivity index (χ1n) is 8.20. The van der Waals surface area contributed by atoms with Gasteiger partial charge >= 0.3 is 0 Å². The molecule has 2 fully saturated rings. The molecule has 0 atom stereocenters. The van der Waals surface area contributed by atoms with Gasteiger partial charge in [0.2, 0.25) is 5.91 Å². The fourth-order valence-corrected chi connectivity index (χ4v) is 3.99. The first-order valence-corrected chi connectivity index (χ1v) is 9.36. The van der Waals surface area contributed by atoms with Crippen LogP contribution in [-0.4, -0.2) is 63.1 Å². The molecule has 0 spiro atoms. The lowest BCUT2D eigenvalue weighted by molar-refractivity contribution is -0.128. The Morgan fingerprint density at radius 2 is 2.04 bits per heavy atom. The van der Waals surface area contributed by atoms with E-state index < -0.39 is 0 Å². The fourth-order valence-electron chi connectivity index (χ4n) is 2.85. The summed E-state index contributed by atoms with van der Waals surface area (Å²) in [5, 5.41) is 4.58. The minimum Gasteiger partial charge on any atom is -0.352 e. The van der Waals surface area contributed by atoms with Crippen molar-refractivity contribution in [2.75, 3.05) is 42.6 Å². The van der Waals surface area contributed by atoms with Crippen LogP contribution in [0, 0.1) is 5.92 Å². The maximum absolute atomic E-state index is 12.2. The number of hydrogen-bond acceptors (Lipinski definition) is 5. The van der Waals surface area contributed by atoms with Crippen molar-refractivity contribution in [3.63, 3.8) is 0 Å². The summed E-state index contributed by atoms with van der Waals surface area (Å²) in [6.45, 7) is 3.25. The van der Waals surface area contributed by atoms with Gasteiger partial charge in [-0.05, 0) is 36.6 Å². The van der Waals surface area contributed by atoms with Crippen LogP contribution in [0.1, 0.15) is 12.8 Å². The molecule has 0 radical (unpaired) electrons. The summed E-state index contributed by atoms with van der Waals surface area (Å²) in [5.74, 6) is 3.91. The molecule has 4 rings (SSSR count). The number of anilines is 1. The van der Waals surface area contributed by atoms with Crippen molar-refractivity contribution in [1.29, 1.82) is 0 Å². The van der Waals surface area contributed by atoms with Crippen molar-refractivity contribution < 1.29 is 4.79 Å². The molecule has 0 unspecified atom stereocenters. The fraction of sp³-hybridized carbons (Fsp3) is 0.562. The zero-order valence-corrected chi connectivity index (χ0v) is 13.9. The molecule has 122 valence electrons. The average Bonchev–Trinajstić information content (AvgIpc) is 3.29. The van der Waals surface area contributed by atoms with Gasteiger partial charge in [-0.25, -0.2) is 9.50 Å². The average molecular weight is 331 g/mol. The van der Waals surface area contributed by atoms with Crippen LogP contribution in [0.4, 0.5) is 5.82 Å². The minimum atomic E-state index is 0.285. The molecule has 2 aliphatic rings. The summed E-state index contributed by atoms with van der Waals surface area (Å²) in [6.07, 6.45) is 6.32. The summed E-state index contributed by atoms with van der Waals surface area (Å²) < 4.78 is 1.79. The Morgan fingerprint density at radius 3 is 2.83 bits per heavy atom. The molecule has 2 aromatic heterocycles. The molecule has 23 heavy (non-hydrogen) atoms. The lowest BCUT2D eigenvalue weighted by Crippen LogP contribution is -2.49. The molecule has 7 heteroatoms. The van der Waals surface area contributed by atoms with Crippen LogP contribution < -0.4 is 4.90 Å². The van der Waals surface area contributed by atoms with E-state index in [9.17, 15) is 4.79 Å². The number of rotatable bonds is 5. The Balaban J connectivity index is 1.30. The molecule has 1 saturated heterocycles. The smallest absolute Gasteiger partial charge is 0.232 e. The van der Waals surface area contributed by atoms with Crippen LogP contribution in [0.15, 0.2) is 24.5 Å². The Bertz CT molecular complexity index is 691. The molecular formula is C16H21N5OS. The highest BCUT2D eigenvalue weighted by Crippen LogP contribution is 2.32. The predicted molar refractivity (Wildman–Crippen MR) is 91.8 cm³/mol. The van der Waals surface area contributed by atoms with Crippen LogP contribution in [0.5, 0.6) is 0 Å². The van der Waals surface area contributed by atoms with Gasteiger partial charge in [0.1, 0.15) is 5.82 Å². The van der Waals surface area contributed by atoms with Crippen molar-refractivity contribution in [2.45, 2.75) is 12.8 Å². The second-order valence-corrected chi connectivity index (χ2v) is 7.28. The summed E-state index contributed by atoms with van der Waals surface area (Å²) in [4.78, 5) is 20.7. The maximum atomic E-state index is 12.2. The number of fused-ring (bicyclic) bond motifs is 1. The summed E-state index contributed by atoms with van der Waals surface area (Å²) in [5.41, 5.74) is 0.857. The van der Waals surface area contributed by atoms with E-state index in [1.807, 2.05) is 23.2 Å². The highest BCUT2D eigenvalue weighted by atomic mass is 32.2. The molecule has 0 N–H and O–H groups in total. The molecule has 3 heterocycles. The number of hydrogen-bond donors (Lipinski definition) is 0. The summed E-state index contributed by atoms with van der Waals surface area (Å²) in [7, 11) is 0. The van der Waals surface area contributed by atoms with E-state index in [0.717, 1.165) is 49.3 Å². The standard InChI is InChI=1S/C16H21N5OS/c22-16(12-23-11-13-1-2-13)20-9-7-19(8-10-20)15-4-3-14-17-5-6-21(14)18-15/h3-6,13H,1-2,7-12H2. The lowest BCUT2D eigenvalue weighted by Gasteiger charge is -2.35. The lowest BCUT2D eigenvalue weighted by atomic mass is 10.3. The van der Waals surface area contributed by atoms with Gasteiger partial charge in [0.15, 0.2) is 5.65 Å². The van der Waals surface area contributed by atoms with Crippen molar-refractivity contribution in [3.8, 4) is 0 Å². The maximum Gasteiger partial charge on any atom is 0.232 e. The van der Waals surface area contributed by atoms with Gasteiger partial charge in [-0.1, -0.05) is 0 Å². The summed E-state index contributed by atoms with van der Waals surface area (Å²) >= 11 is 1.80. The van der Waals surface area contributed by atoms with Gasteiger partial charge in [-0.15, -0.1) is 5.10 Å². The third-order valence-electron chi connectivity index (χ3n) is 4.47. The second kappa shape index (κ2) is 6.39. The van der Waals surface area contributed by atoms with E-state index in [1.165, 1.54) is 12.8 Å². The number of aromatic nitrogens is 3. The normalized spacial score (nSPS) is 18.6. The van der Waals surface area contributed by atoms with Gasteiger partial charge < -0.3 is 9.80 Å². The predicted octanol–water partition coefficient (Wildman–Crippen LogP) is 1.52. The number of amides is 1. The van der Waals surface area contributed by atoms with Crippen LogP contribution >= 0.6 is 11.8 Å². The number of piperazine rings is 1. The zero-order valence-electron chi connectivity index (χ0n) is 13.1. The largest absolute Gasteiger partial charge is 0.352 e. The molecule has 1 saturated carbocycles. The first-order chi connectivity index (χ1) is 11.3. The highest BCUT2D eigenvalue weighted by molar-refractivity contribution is 7.99. The van der Waals surface area contributed by atoms with Crippen molar-refractivity contribution in [3.05, 3.63) is 24.5 Å². The van der Waals surface area contributed by atoms with Gasteiger partial charge in [0, 0.05) is 38.6 Å². The minimum absolute atomic E-state index is 0.285. The number of thioether (sulfide) groups is 1. The van der Waals surface area contributed by atoms with Gasteiger partial charge in [-0.2, -0.15) is 11.8 Å². The molecule has 2 aromatic rings. The van der Waals surface area contributed by atoms with E-state index in [2.05, 4.69) is 15.0 Å². The SMILES string of the molecule is O=C(CSCC1CC1)N1CCN(c2ccc3nccn3n2)CC1. The number of carbonyl (C=O) groups excluding carboxylic acids is 1. The molecule has 1 aliphatic carbocycles. The monoisotopic (exact) mass is 331 g/mol. The van der Waals surface area contributed by atoms with Crippen molar-refractivity contribution >= 4 is 29.1 Å². The van der Waals surface area contributed by atoms with E-state index in [0.29, 0.717) is 5.75 Å². The Hall–Kier alpha value is -1.76. The first kappa shape index (κ1) is 14.8. The van der Waals surface area contributed by atoms with E-state index in [4.69, 9.17) is 0 Å². The van der Waals surface area contributed by atoms with Crippen LogP contribution in [0.2, 0.25) is 0 Å². The molecule has 6 nitrogen and oxygen atoms in total. The molecule has 0 bridgehead atoms. The number of nitrogens with zero attached hydrogens (tertiary/aromatic N) is 5. The molecule has 1 aliphatic heterocycles. The van der Waals surface area contributed by atoms with Gasteiger partial charge in [0.25, 0.3) is 0 Å². The van der Waals surface area contributed by atoms with Crippen molar-refractivity contribution in [1.82, 2.24) is 19.5 Å². The van der Waals surface area contributed by atoms with E-state index in [-0.39, 0.29) is 5.91 Å². The topological polar surface area (TPSA) is 53.7 Å². The molecule has 0 aromatic carbocycles. The van der Waals surface area contributed by atoms with Crippen LogP contribution in [-0.2, 0) is 4.79 Å². The third-order valence-corrected chi connectivity index (χ3v) is 5.63. The quantitative estimate of drug-likeness (QED) is 0.831. The van der Waals surface area contributed by atoms with Crippen LogP contribution in [0.3, 0.4) is 0 Å². The number of imidazole rings is 1. The second-order valence-electron chi connectivity index (χ2n) is 6.25. The third kappa shape index (κ3) is 3.44. The summed E-state index contributed by atoms with van der Waals surface area (Å²) in [6, 6.07) is 3.99. The van der Waals surface area contributed by atoms with E-state index >= 15 is 0 Å². The van der Waals surface area contributed by atoms with Crippen molar-refractivity contribution in [2.24, 2.45) is 5.92 Å². The van der Waals surface area contributed by atoms with Crippen LogP contribution in [0.25, 0.3) is 5.65 Å². The highest BCUT2D eigenvalue weighted by Gasteiger charge is 2.24. The van der Waals surface area contributed by atoms with Gasteiger partial charge in [-0.3, -0.25) is 4.79 Å². The Labute approximate surface area is 139 Å². The Morgan fingerprint density at radius 1 is 1.22 bits per heavy atom. The zero-order chi connectivity index (χ0) is 15.6. The number of carbonyl (C=O) groups is 1. The molecular weight excluding hydrogens is 310 g/mol. The van der Waals surface area contributed by atoms with Gasteiger partial charge in [0.05, 0.1) is 5.75 Å².